The lowest BCUT2D eigenvalue weighted by Gasteiger charge is -2.31. The van der Waals surface area contributed by atoms with Crippen LogP contribution in [-0.2, 0) is 4.74 Å². The van der Waals surface area contributed by atoms with Crippen molar-refractivity contribution in [2.45, 2.75) is 13.0 Å². The minimum Gasteiger partial charge on any atom is -0.495 e. The van der Waals surface area contributed by atoms with Gasteiger partial charge in [0.05, 0.1) is 32.1 Å². The fourth-order valence-corrected chi connectivity index (χ4v) is 3.10. The monoisotopic (exact) mass is 355 g/mol. The van der Waals surface area contributed by atoms with Gasteiger partial charge in [0.2, 0.25) is 0 Å². The molecule has 2 aromatic rings. The molecule has 0 N–H and O–H groups in total. The number of aromatic nitrogens is 1. The van der Waals surface area contributed by atoms with Crippen LogP contribution in [0.3, 0.4) is 0 Å². The molecule has 0 aliphatic carbocycles. The summed E-state index contributed by atoms with van der Waals surface area (Å²) >= 11 is 0. The topological polar surface area (TPSA) is 54.9 Å². The second-order valence-corrected chi connectivity index (χ2v) is 6.36. The van der Waals surface area contributed by atoms with Gasteiger partial charge in [0, 0.05) is 38.1 Å². The van der Waals surface area contributed by atoms with Gasteiger partial charge in [0.1, 0.15) is 5.75 Å². The number of hydrogen-bond acceptors (Lipinski definition) is 5. The van der Waals surface area contributed by atoms with Crippen LogP contribution in [0.5, 0.6) is 5.75 Å². The number of rotatable bonds is 5. The van der Waals surface area contributed by atoms with Gasteiger partial charge in [-0.1, -0.05) is 6.07 Å². The number of nitrogens with zero attached hydrogens (tertiary/aromatic N) is 3. The van der Waals surface area contributed by atoms with Gasteiger partial charge in [-0.3, -0.25) is 9.78 Å². The summed E-state index contributed by atoms with van der Waals surface area (Å²) in [5.74, 6) is 0.741. The third kappa shape index (κ3) is 3.80. The Hall–Kier alpha value is -2.60. The number of carbonyl (C=O) groups excluding carboxylic acids is 1. The van der Waals surface area contributed by atoms with Crippen LogP contribution in [-0.4, -0.2) is 56.3 Å². The molecule has 1 aliphatic rings. The molecule has 1 atom stereocenters. The summed E-state index contributed by atoms with van der Waals surface area (Å²) < 4.78 is 10.9. The average molecular weight is 355 g/mol. The molecule has 1 fully saturated rings. The van der Waals surface area contributed by atoms with E-state index in [2.05, 4.69) is 9.88 Å². The van der Waals surface area contributed by atoms with Crippen LogP contribution >= 0.6 is 0 Å². The van der Waals surface area contributed by atoms with E-state index in [9.17, 15) is 4.79 Å². The van der Waals surface area contributed by atoms with Crippen molar-refractivity contribution in [3.8, 4) is 5.75 Å². The van der Waals surface area contributed by atoms with Gasteiger partial charge in [-0.15, -0.1) is 0 Å². The van der Waals surface area contributed by atoms with Crippen molar-refractivity contribution in [1.29, 1.82) is 0 Å². The maximum Gasteiger partial charge on any atom is 0.254 e. The van der Waals surface area contributed by atoms with Crippen molar-refractivity contribution in [2.24, 2.45) is 0 Å². The Morgan fingerprint density at radius 2 is 2.08 bits per heavy atom. The molecule has 0 saturated carbocycles. The van der Waals surface area contributed by atoms with Gasteiger partial charge < -0.3 is 19.3 Å². The molecule has 2 heterocycles. The quantitative estimate of drug-likeness (QED) is 0.825. The van der Waals surface area contributed by atoms with E-state index in [1.165, 1.54) is 0 Å². The van der Waals surface area contributed by atoms with Gasteiger partial charge in [0.15, 0.2) is 0 Å². The zero-order valence-electron chi connectivity index (χ0n) is 15.5. The summed E-state index contributed by atoms with van der Waals surface area (Å²) in [6.45, 7) is 4.94. The number of methoxy groups -OCH3 is 1. The first-order chi connectivity index (χ1) is 12.6. The van der Waals surface area contributed by atoms with Gasteiger partial charge in [0.25, 0.3) is 5.91 Å². The van der Waals surface area contributed by atoms with Crippen molar-refractivity contribution in [3.63, 3.8) is 0 Å². The Morgan fingerprint density at radius 1 is 1.31 bits per heavy atom. The Kier molecular flexibility index (Phi) is 5.73. The zero-order valence-corrected chi connectivity index (χ0v) is 15.5. The minimum atomic E-state index is -0.0647. The van der Waals surface area contributed by atoms with Crippen molar-refractivity contribution >= 4 is 11.6 Å². The molecule has 6 heteroatoms. The molecular formula is C20H25N3O3. The number of benzene rings is 1. The second-order valence-electron chi connectivity index (χ2n) is 6.36. The molecule has 1 aromatic heterocycles. The zero-order chi connectivity index (χ0) is 18.5. The third-order valence-electron chi connectivity index (χ3n) is 4.85. The Labute approximate surface area is 154 Å². The highest BCUT2D eigenvalue weighted by Gasteiger charge is 2.22. The smallest absolute Gasteiger partial charge is 0.254 e. The number of amides is 1. The van der Waals surface area contributed by atoms with E-state index >= 15 is 0 Å². The van der Waals surface area contributed by atoms with Crippen molar-refractivity contribution in [1.82, 2.24) is 9.88 Å². The molecular weight excluding hydrogens is 330 g/mol. The molecule has 1 saturated heterocycles. The lowest BCUT2D eigenvalue weighted by Crippen LogP contribution is -2.36. The van der Waals surface area contributed by atoms with E-state index in [0.717, 1.165) is 30.1 Å². The number of pyridine rings is 1. The van der Waals surface area contributed by atoms with E-state index in [-0.39, 0.29) is 11.9 Å². The van der Waals surface area contributed by atoms with Crippen LogP contribution in [0.4, 0.5) is 5.69 Å². The van der Waals surface area contributed by atoms with Crippen molar-refractivity contribution in [3.05, 3.63) is 53.9 Å². The van der Waals surface area contributed by atoms with Crippen LogP contribution in [0, 0.1) is 0 Å². The summed E-state index contributed by atoms with van der Waals surface area (Å²) in [6.07, 6.45) is 3.53. The van der Waals surface area contributed by atoms with Crippen molar-refractivity contribution < 1.29 is 14.3 Å². The lowest BCUT2D eigenvalue weighted by molar-refractivity contribution is 0.0742. The van der Waals surface area contributed by atoms with E-state index in [1.54, 1.807) is 24.4 Å². The largest absolute Gasteiger partial charge is 0.495 e. The van der Waals surface area contributed by atoms with Gasteiger partial charge >= 0.3 is 0 Å². The number of anilines is 1. The first-order valence-electron chi connectivity index (χ1n) is 8.79. The van der Waals surface area contributed by atoms with E-state index in [4.69, 9.17) is 9.47 Å². The lowest BCUT2D eigenvalue weighted by atomic mass is 10.1. The average Bonchev–Trinajstić information content (AvgIpc) is 2.73. The summed E-state index contributed by atoms with van der Waals surface area (Å²) in [4.78, 5) is 21.1. The molecule has 0 spiro atoms. The highest BCUT2D eigenvalue weighted by Crippen LogP contribution is 2.31. The molecule has 1 unspecified atom stereocenters. The van der Waals surface area contributed by atoms with E-state index < -0.39 is 0 Å². The van der Waals surface area contributed by atoms with E-state index in [1.807, 2.05) is 44.3 Å². The fourth-order valence-electron chi connectivity index (χ4n) is 3.10. The first kappa shape index (κ1) is 18.2. The Bertz CT molecular complexity index is 745. The molecule has 1 aliphatic heterocycles. The van der Waals surface area contributed by atoms with Gasteiger partial charge in [-0.25, -0.2) is 0 Å². The highest BCUT2D eigenvalue weighted by molar-refractivity contribution is 5.95. The van der Waals surface area contributed by atoms with E-state index in [0.29, 0.717) is 18.8 Å². The number of ether oxygens (including phenoxy) is 2. The maximum absolute atomic E-state index is 13.0. The van der Waals surface area contributed by atoms with Crippen LogP contribution < -0.4 is 9.64 Å². The Balaban J connectivity index is 1.84. The molecule has 0 bridgehead atoms. The number of carbonyl (C=O) groups is 1. The van der Waals surface area contributed by atoms with Crippen molar-refractivity contribution in [2.75, 3.05) is 45.4 Å². The summed E-state index contributed by atoms with van der Waals surface area (Å²) in [5.41, 5.74) is 2.58. The van der Waals surface area contributed by atoms with Gasteiger partial charge in [-0.05, 0) is 36.8 Å². The van der Waals surface area contributed by atoms with Crippen LogP contribution in [0.1, 0.15) is 28.9 Å². The van der Waals surface area contributed by atoms with Crippen LogP contribution in [0.25, 0.3) is 0 Å². The van der Waals surface area contributed by atoms with Gasteiger partial charge in [-0.2, -0.15) is 0 Å². The molecule has 0 radical (unpaired) electrons. The number of hydrogen-bond donors (Lipinski definition) is 0. The SMILES string of the molecule is COc1ccc(C(=O)N(C)C(C)c2cccnc2)cc1N1CCOCC1. The molecule has 26 heavy (non-hydrogen) atoms. The second kappa shape index (κ2) is 8.19. The number of morpholine rings is 1. The predicted octanol–water partition coefficient (Wildman–Crippen LogP) is 2.76. The molecule has 138 valence electrons. The van der Waals surface area contributed by atoms with Crippen LogP contribution in [0.2, 0.25) is 0 Å². The first-order valence-corrected chi connectivity index (χ1v) is 8.79. The normalized spacial score (nSPS) is 15.4. The fraction of sp³-hybridized carbons (Fsp3) is 0.400. The molecule has 1 amide bonds. The summed E-state index contributed by atoms with van der Waals surface area (Å²) in [6, 6.07) is 9.39. The summed E-state index contributed by atoms with van der Waals surface area (Å²) in [5, 5.41) is 0. The molecule has 6 nitrogen and oxygen atoms in total. The highest BCUT2D eigenvalue weighted by atomic mass is 16.5. The molecule has 3 rings (SSSR count). The maximum atomic E-state index is 13.0. The predicted molar refractivity (Wildman–Crippen MR) is 101 cm³/mol. The summed E-state index contributed by atoms with van der Waals surface area (Å²) in [7, 11) is 3.47. The minimum absolute atomic E-state index is 0.0292. The Morgan fingerprint density at radius 3 is 2.73 bits per heavy atom. The molecule has 1 aromatic carbocycles. The standard InChI is InChI=1S/C20H25N3O3/c1-15(17-5-4-8-21-14-17)22(2)20(24)16-6-7-19(25-3)18(13-16)23-9-11-26-12-10-23/h4-8,13-15H,9-12H2,1-3H3. The van der Waals surface area contributed by atoms with Crippen LogP contribution in [0.15, 0.2) is 42.7 Å². The third-order valence-corrected chi connectivity index (χ3v) is 4.85.